The number of nitrogens with one attached hydrogen (secondary N) is 1. The number of ether oxygens (including phenoxy) is 1. The summed E-state index contributed by atoms with van der Waals surface area (Å²) in [5, 5.41) is 3.73. The Labute approximate surface area is 176 Å². The first-order valence-corrected chi connectivity index (χ1v) is 10.9. The van der Waals surface area contributed by atoms with Gasteiger partial charge in [0.15, 0.2) is 0 Å². The van der Waals surface area contributed by atoms with Gasteiger partial charge in [-0.05, 0) is 68.0 Å². The van der Waals surface area contributed by atoms with Gasteiger partial charge in [0.1, 0.15) is 12.4 Å². The van der Waals surface area contributed by atoms with Crippen LogP contribution in [0.5, 0.6) is 5.88 Å². The molecule has 0 aliphatic carbocycles. The van der Waals surface area contributed by atoms with E-state index < -0.39 is 0 Å². The minimum atomic E-state index is 0.543. The van der Waals surface area contributed by atoms with Crippen LogP contribution < -0.4 is 15.0 Å². The summed E-state index contributed by atoms with van der Waals surface area (Å²) in [4.78, 5) is 11.6. The highest BCUT2D eigenvalue weighted by Gasteiger charge is 2.35. The molecule has 0 radical (unpaired) electrons. The molecule has 3 aliphatic rings. The first-order chi connectivity index (χ1) is 14.6. The summed E-state index contributed by atoms with van der Waals surface area (Å²) >= 11 is 0. The van der Waals surface area contributed by atoms with E-state index in [0.29, 0.717) is 24.7 Å². The van der Waals surface area contributed by atoms with Crippen molar-refractivity contribution in [3.05, 3.63) is 54.1 Å². The van der Waals surface area contributed by atoms with Crippen molar-refractivity contribution in [1.29, 1.82) is 0 Å². The maximum atomic E-state index is 6.10. The quantitative estimate of drug-likeness (QED) is 0.722. The Bertz CT molecular complexity index is 1090. The number of pyridine rings is 1. The Hall–Kier alpha value is -2.86. The van der Waals surface area contributed by atoms with Crippen LogP contribution in [0.1, 0.15) is 36.9 Å². The summed E-state index contributed by atoms with van der Waals surface area (Å²) in [6.07, 6.45) is 8.92. The van der Waals surface area contributed by atoms with E-state index in [-0.39, 0.29) is 0 Å². The van der Waals surface area contributed by atoms with Gasteiger partial charge in [-0.25, -0.2) is 4.98 Å². The molecule has 0 unspecified atom stereocenters. The lowest BCUT2D eigenvalue weighted by atomic mass is 9.97. The van der Waals surface area contributed by atoms with E-state index >= 15 is 0 Å². The zero-order valence-electron chi connectivity index (χ0n) is 17.5. The topological polar surface area (TPSA) is 55.2 Å². The molecule has 2 aromatic heterocycles. The van der Waals surface area contributed by atoms with E-state index in [9.17, 15) is 0 Å². The standard InChI is InChI=1S/C24H27N5O/c1-15-12-29(14-25-15)19-5-6-21-16(9-19)13-30-24-22(21)7-8-23(27-24)28(2)20-10-17-3-4-18(11-20)26-17/h5-9,12,14,17-18,20,26H,3-4,10-11,13H2,1-2H3/t17-,18+,20-. The van der Waals surface area contributed by atoms with Crippen LogP contribution in [0, 0.1) is 6.92 Å². The van der Waals surface area contributed by atoms with Gasteiger partial charge in [0.05, 0.1) is 12.0 Å². The summed E-state index contributed by atoms with van der Waals surface area (Å²) in [5.41, 5.74) is 5.58. The van der Waals surface area contributed by atoms with Crippen molar-refractivity contribution in [2.75, 3.05) is 11.9 Å². The number of anilines is 1. The molecular formula is C24H27N5O. The Morgan fingerprint density at radius 2 is 1.90 bits per heavy atom. The highest BCUT2D eigenvalue weighted by Crippen LogP contribution is 2.39. The zero-order valence-corrected chi connectivity index (χ0v) is 17.5. The molecule has 1 aromatic carbocycles. The molecule has 3 aliphatic heterocycles. The number of aromatic nitrogens is 3. The van der Waals surface area contributed by atoms with Crippen LogP contribution in [0.25, 0.3) is 16.8 Å². The SMILES string of the molecule is Cc1cn(-c2ccc3c(c2)COc2nc(N(C)[C@@H]4C[C@H]5CC[C@@H](C4)N5)ccc2-3)cn1. The van der Waals surface area contributed by atoms with Gasteiger partial charge in [0.2, 0.25) is 5.88 Å². The van der Waals surface area contributed by atoms with Crippen molar-refractivity contribution in [2.24, 2.45) is 0 Å². The second kappa shape index (κ2) is 6.84. The molecule has 0 spiro atoms. The third kappa shape index (κ3) is 2.98. The fourth-order valence-electron chi connectivity index (χ4n) is 5.30. The number of aryl methyl sites for hydroxylation is 1. The lowest BCUT2D eigenvalue weighted by molar-refractivity contribution is 0.289. The predicted octanol–water partition coefficient (Wildman–Crippen LogP) is 3.85. The van der Waals surface area contributed by atoms with Gasteiger partial charge in [0.25, 0.3) is 0 Å². The first-order valence-electron chi connectivity index (χ1n) is 10.9. The maximum absolute atomic E-state index is 6.10. The summed E-state index contributed by atoms with van der Waals surface area (Å²) in [7, 11) is 2.18. The first kappa shape index (κ1) is 18.0. The molecule has 6 nitrogen and oxygen atoms in total. The van der Waals surface area contributed by atoms with Gasteiger partial charge < -0.3 is 19.5 Å². The van der Waals surface area contributed by atoms with Crippen LogP contribution in [0.4, 0.5) is 5.82 Å². The normalized spacial score (nSPS) is 24.1. The second-order valence-corrected chi connectivity index (χ2v) is 8.95. The average Bonchev–Trinajstić information content (AvgIpc) is 3.36. The highest BCUT2D eigenvalue weighted by atomic mass is 16.5. The molecule has 30 heavy (non-hydrogen) atoms. The molecule has 0 saturated carbocycles. The van der Waals surface area contributed by atoms with E-state index in [0.717, 1.165) is 28.6 Å². The molecule has 0 amide bonds. The van der Waals surface area contributed by atoms with Crippen molar-refractivity contribution in [2.45, 2.75) is 57.3 Å². The van der Waals surface area contributed by atoms with Crippen molar-refractivity contribution >= 4 is 5.82 Å². The minimum absolute atomic E-state index is 0.543. The van der Waals surface area contributed by atoms with Crippen molar-refractivity contribution in [1.82, 2.24) is 19.9 Å². The Morgan fingerprint density at radius 1 is 1.10 bits per heavy atom. The Balaban J connectivity index is 1.28. The Morgan fingerprint density at radius 3 is 2.67 bits per heavy atom. The maximum Gasteiger partial charge on any atom is 0.223 e. The fraction of sp³-hybridized carbons (Fsp3) is 0.417. The van der Waals surface area contributed by atoms with E-state index in [1.54, 1.807) is 0 Å². The number of hydrogen-bond acceptors (Lipinski definition) is 5. The number of fused-ring (bicyclic) bond motifs is 5. The van der Waals surface area contributed by atoms with Gasteiger partial charge in [-0.15, -0.1) is 0 Å². The van der Waals surface area contributed by atoms with Crippen LogP contribution in [0.2, 0.25) is 0 Å². The summed E-state index contributed by atoms with van der Waals surface area (Å²) in [6.45, 7) is 2.55. The number of piperidine rings is 1. The molecule has 2 fully saturated rings. The second-order valence-electron chi connectivity index (χ2n) is 8.95. The average molecular weight is 402 g/mol. The van der Waals surface area contributed by atoms with Crippen LogP contribution in [-0.4, -0.2) is 39.7 Å². The van der Waals surface area contributed by atoms with Crippen LogP contribution in [0.3, 0.4) is 0 Å². The van der Waals surface area contributed by atoms with Crippen LogP contribution in [0.15, 0.2) is 42.9 Å². The number of hydrogen-bond donors (Lipinski definition) is 1. The lowest BCUT2D eigenvalue weighted by Gasteiger charge is -2.36. The summed E-state index contributed by atoms with van der Waals surface area (Å²) in [6, 6.07) is 12.7. The van der Waals surface area contributed by atoms with E-state index in [1.165, 1.54) is 36.8 Å². The summed E-state index contributed by atoms with van der Waals surface area (Å²) < 4.78 is 8.15. The number of nitrogens with zero attached hydrogens (tertiary/aromatic N) is 4. The molecule has 2 bridgehead atoms. The third-order valence-corrected chi connectivity index (χ3v) is 6.96. The minimum Gasteiger partial charge on any atom is -0.472 e. The lowest BCUT2D eigenvalue weighted by Crippen LogP contribution is -2.47. The molecule has 1 N–H and O–H groups in total. The van der Waals surface area contributed by atoms with Crippen LogP contribution >= 0.6 is 0 Å². The van der Waals surface area contributed by atoms with Gasteiger partial charge >= 0.3 is 0 Å². The van der Waals surface area contributed by atoms with E-state index in [2.05, 4.69) is 52.6 Å². The molecule has 6 heteroatoms. The van der Waals surface area contributed by atoms with Crippen molar-refractivity contribution in [3.8, 4) is 22.7 Å². The van der Waals surface area contributed by atoms with Gasteiger partial charge in [-0.2, -0.15) is 4.98 Å². The fourth-order valence-corrected chi connectivity index (χ4v) is 5.30. The molecule has 5 heterocycles. The van der Waals surface area contributed by atoms with Crippen LogP contribution in [-0.2, 0) is 6.61 Å². The summed E-state index contributed by atoms with van der Waals surface area (Å²) in [5.74, 6) is 1.75. The predicted molar refractivity (Wildman–Crippen MR) is 117 cm³/mol. The molecule has 154 valence electrons. The largest absolute Gasteiger partial charge is 0.472 e. The molecule has 6 rings (SSSR count). The van der Waals surface area contributed by atoms with Crippen molar-refractivity contribution in [3.63, 3.8) is 0 Å². The highest BCUT2D eigenvalue weighted by molar-refractivity contribution is 5.75. The number of imidazole rings is 1. The van der Waals surface area contributed by atoms with Gasteiger partial charge in [-0.3, -0.25) is 0 Å². The molecule has 3 atom stereocenters. The Kier molecular flexibility index (Phi) is 4.09. The molecular weight excluding hydrogens is 374 g/mol. The molecule has 2 saturated heterocycles. The number of benzene rings is 1. The van der Waals surface area contributed by atoms with Crippen molar-refractivity contribution < 1.29 is 4.74 Å². The van der Waals surface area contributed by atoms with E-state index in [4.69, 9.17) is 9.72 Å². The van der Waals surface area contributed by atoms with Gasteiger partial charge in [0, 0.05) is 42.6 Å². The van der Waals surface area contributed by atoms with Gasteiger partial charge in [-0.1, -0.05) is 6.07 Å². The smallest absolute Gasteiger partial charge is 0.223 e. The third-order valence-electron chi connectivity index (χ3n) is 6.96. The van der Waals surface area contributed by atoms with E-state index in [1.807, 2.05) is 24.0 Å². The monoisotopic (exact) mass is 401 g/mol. The zero-order chi connectivity index (χ0) is 20.2. The number of rotatable bonds is 3. The molecule has 3 aromatic rings.